The SMILES string of the molecule is CC(C)C[C@H](c1ccc(O)cc1F)N1CCNCC1.Cl. The minimum absolute atomic E-state index is 0. The van der Waals surface area contributed by atoms with Crippen LogP contribution in [0, 0.1) is 11.7 Å². The lowest BCUT2D eigenvalue weighted by Gasteiger charge is -2.36. The number of phenols is 1. The first-order chi connectivity index (χ1) is 9.08. The van der Waals surface area contributed by atoms with Crippen LogP contribution < -0.4 is 5.32 Å². The number of piperazine rings is 1. The average molecular weight is 303 g/mol. The second kappa shape index (κ2) is 7.81. The molecular formula is C15H24ClFN2O. The van der Waals surface area contributed by atoms with Gasteiger partial charge in [-0.15, -0.1) is 12.4 Å². The molecule has 1 heterocycles. The molecule has 1 aromatic rings. The van der Waals surface area contributed by atoms with Gasteiger partial charge in [-0.2, -0.15) is 0 Å². The number of halogens is 2. The van der Waals surface area contributed by atoms with E-state index in [-0.39, 0.29) is 30.0 Å². The van der Waals surface area contributed by atoms with Crippen molar-refractivity contribution in [2.24, 2.45) is 5.92 Å². The Morgan fingerprint density at radius 2 is 1.95 bits per heavy atom. The van der Waals surface area contributed by atoms with Gasteiger partial charge >= 0.3 is 0 Å². The summed E-state index contributed by atoms with van der Waals surface area (Å²) in [4.78, 5) is 2.34. The summed E-state index contributed by atoms with van der Waals surface area (Å²) in [7, 11) is 0. The summed E-state index contributed by atoms with van der Waals surface area (Å²) in [6.45, 7) is 8.11. The van der Waals surface area contributed by atoms with Crippen LogP contribution in [0.25, 0.3) is 0 Å². The quantitative estimate of drug-likeness (QED) is 0.897. The molecule has 2 rings (SSSR count). The van der Waals surface area contributed by atoms with Gasteiger partial charge in [0.2, 0.25) is 0 Å². The van der Waals surface area contributed by atoms with E-state index in [9.17, 15) is 9.50 Å². The summed E-state index contributed by atoms with van der Waals surface area (Å²) in [5.74, 6) is 0.196. The molecule has 1 aliphatic rings. The highest BCUT2D eigenvalue weighted by atomic mass is 35.5. The lowest BCUT2D eigenvalue weighted by Crippen LogP contribution is -2.45. The normalized spacial score (nSPS) is 17.8. The van der Waals surface area contributed by atoms with Crippen molar-refractivity contribution < 1.29 is 9.50 Å². The smallest absolute Gasteiger partial charge is 0.131 e. The van der Waals surface area contributed by atoms with Gasteiger partial charge < -0.3 is 10.4 Å². The molecule has 0 aliphatic carbocycles. The fourth-order valence-electron chi connectivity index (χ4n) is 2.70. The van der Waals surface area contributed by atoms with Crippen LogP contribution in [0.2, 0.25) is 0 Å². The highest BCUT2D eigenvalue weighted by molar-refractivity contribution is 5.85. The average Bonchev–Trinajstić information content (AvgIpc) is 2.37. The summed E-state index contributed by atoms with van der Waals surface area (Å²) in [5, 5.41) is 12.7. The van der Waals surface area contributed by atoms with Crippen molar-refractivity contribution in [3.05, 3.63) is 29.6 Å². The molecule has 1 fully saturated rings. The molecule has 0 unspecified atom stereocenters. The molecule has 0 bridgehead atoms. The molecule has 1 saturated heterocycles. The van der Waals surface area contributed by atoms with Gasteiger partial charge in [0.15, 0.2) is 0 Å². The molecule has 0 spiro atoms. The van der Waals surface area contributed by atoms with Crippen LogP contribution in [0.4, 0.5) is 4.39 Å². The molecule has 5 heteroatoms. The molecule has 20 heavy (non-hydrogen) atoms. The maximum Gasteiger partial charge on any atom is 0.131 e. The number of nitrogens with one attached hydrogen (secondary N) is 1. The van der Waals surface area contributed by atoms with Crippen LogP contribution in [0.3, 0.4) is 0 Å². The Morgan fingerprint density at radius 3 is 2.50 bits per heavy atom. The van der Waals surface area contributed by atoms with Gasteiger partial charge in [-0.05, 0) is 18.4 Å². The van der Waals surface area contributed by atoms with Gasteiger partial charge in [-0.25, -0.2) is 4.39 Å². The van der Waals surface area contributed by atoms with E-state index in [1.807, 2.05) is 0 Å². The monoisotopic (exact) mass is 302 g/mol. The topological polar surface area (TPSA) is 35.5 Å². The third kappa shape index (κ3) is 4.33. The van der Waals surface area contributed by atoms with E-state index in [4.69, 9.17) is 0 Å². The molecule has 3 nitrogen and oxygen atoms in total. The Kier molecular flexibility index (Phi) is 6.72. The first-order valence-corrected chi connectivity index (χ1v) is 7.01. The Labute approximate surface area is 126 Å². The van der Waals surface area contributed by atoms with E-state index in [1.165, 1.54) is 6.07 Å². The number of nitrogens with zero attached hydrogens (tertiary/aromatic N) is 1. The van der Waals surface area contributed by atoms with Crippen molar-refractivity contribution >= 4 is 12.4 Å². The minimum atomic E-state index is -0.302. The van der Waals surface area contributed by atoms with Crippen molar-refractivity contribution in [2.45, 2.75) is 26.3 Å². The largest absolute Gasteiger partial charge is 0.508 e. The van der Waals surface area contributed by atoms with Crippen LogP contribution in [0.1, 0.15) is 31.9 Å². The molecule has 2 N–H and O–H groups in total. The van der Waals surface area contributed by atoms with E-state index < -0.39 is 0 Å². The third-order valence-electron chi connectivity index (χ3n) is 3.63. The highest BCUT2D eigenvalue weighted by Crippen LogP contribution is 2.31. The molecule has 114 valence electrons. The van der Waals surface area contributed by atoms with Crippen LogP contribution >= 0.6 is 12.4 Å². The van der Waals surface area contributed by atoms with Gasteiger partial charge in [-0.3, -0.25) is 4.90 Å². The van der Waals surface area contributed by atoms with E-state index in [0.29, 0.717) is 11.5 Å². The fourth-order valence-corrected chi connectivity index (χ4v) is 2.70. The van der Waals surface area contributed by atoms with Crippen molar-refractivity contribution in [3.63, 3.8) is 0 Å². The minimum Gasteiger partial charge on any atom is -0.508 e. The highest BCUT2D eigenvalue weighted by Gasteiger charge is 2.25. The third-order valence-corrected chi connectivity index (χ3v) is 3.63. The molecule has 0 radical (unpaired) electrons. The number of benzene rings is 1. The summed E-state index contributed by atoms with van der Waals surface area (Å²) < 4.78 is 14.1. The predicted molar refractivity (Wildman–Crippen MR) is 82.0 cm³/mol. The van der Waals surface area contributed by atoms with E-state index in [1.54, 1.807) is 12.1 Å². The van der Waals surface area contributed by atoms with E-state index in [2.05, 4.69) is 24.1 Å². The molecule has 0 amide bonds. The zero-order chi connectivity index (χ0) is 13.8. The Morgan fingerprint density at radius 1 is 1.30 bits per heavy atom. The maximum atomic E-state index is 14.1. The van der Waals surface area contributed by atoms with Crippen molar-refractivity contribution in [2.75, 3.05) is 26.2 Å². The lowest BCUT2D eigenvalue weighted by atomic mass is 9.94. The standard InChI is InChI=1S/C15H23FN2O.ClH/c1-11(2)9-15(18-7-5-17-6-8-18)13-4-3-12(19)10-14(13)16;/h3-4,10-11,15,17,19H,5-9H2,1-2H3;1H/t15-;/m1./s1. The van der Waals surface area contributed by atoms with E-state index in [0.717, 1.165) is 32.6 Å². The Bertz CT molecular complexity index is 422. The van der Waals surface area contributed by atoms with Crippen LogP contribution in [-0.2, 0) is 0 Å². The van der Waals surface area contributed by atoms with Gasteiger partial charge in [0.25, 0.3) is 0 Å². The first kappa shape index (κ1) is 17.2. The molecule has 1 aromatic carbocycles. The van der Waals surface area contributed by atoms with Gasteiger partial charge in [-0.1, -0.05) is 19.9 Å². The van der Waals surface area contributed by atoms with Crippen molar-refractivity contribution in [1.82, 2.24) is 10.2 Å². The van der Waals surface area contributed by atoms with Crippen LogP contribution in [0.5, 0.6) is 5.75 Å². The number of aromatic hydroxyl groups is 1. The zero-order valence-electron chi connectivity index (χ0n) is 12.1. The van der Waals surface area contributed by atoms with Crippen LogP contribution in [-0.4, -0.2) is 36.2 Å². The molecular weight excluding hydrogens is 279 g/mol. The van der Waals surface area contributed by atoms with Gasteiger partial charge in [0, 0.05) is 43.9 Å². The summed E-state index contributed by atoms with van der Waals surface area (Å²) >= 11 is 0. The van der Waals surface area contributed by atoms with Crippen LogP contribution in [0.15, 0.2) is 18.2 Å². The summed E-state index contributed by atoms with van der Waals surface area (Å²) in [6.07, 6.45) is 0.932. The molecule has 0 saturated carbocycles. The molecule has 1 aliphatic heterocycles. The second-order valence-electron chi connectivity index (χ2n) is 5.64. The Hall–Kier alpha value is -0.840. The number of hydrogen-bond acceptors (Lipinski definition) is 3. The van der Waals surface area contributed by atoms with Crippen molar-refractivity contribution in [1.29, 1.82) is 0 Å². The number of rotatable bonds is 4. The maximum absolute atomic E-state index is 14.1. The van der Waals surface area contributed by atoms with Gasteiger partial charge in [0.1, 0.15) is 11.6 Å². The van der Waals surface area contributed by atoms with Gasteiger partial charge in [0.05, 0.1) is 0 Å². The number of phenolic OH excluding ortho intramolecular Hbond substituents is 1. The molecule has 1 atom stereocenters. The summed E-state index contributed by atoms with van der Waals surface area (Å²) in [6, 6.07) is 4.61. The fraction of sp³-hybridized carbons (Fsp3) is 0.600. The Balaban J connectivity index is 0.00000200. The van der Waals surface area contributed by atoms with E-state index >= 15 is 0 Å². The summed E-state index contributed by atoms with van der Waals surface area (Å²) in [5.41, 5.74) is 0.702. The number of hydrogen-bond donors (Lipinski definition) is 2. The lowest BCUT2D eigenvalue weighted by molar-refractivity contribution is 0.151. The molecule has 0 aromatic heterocycles. The first-order valence-electron chi connectivity index (χ1n) is 7.01. The zero-order valence-corrected chi connectivity index (χ0v) is 12.9. The predicted octanol–water partition coefficient (Wildman–Crippen LogP) is 2.95. The second-order valence-corrected chi connectivity index (χ2v) is 5.64. The van der Waals surface area contributed by atoms with Crippen molar-refractivity contribution in [3.8, 4) is 5.75 Å².